The number of aliphatic carboxylic acids is 1. The standard InChI is InChI=1S/C19H25FN2O2.C2HF3O2/c20-17-4-2-1-3-15(17)9-19(23)22-12-16-11-21(10-14-5-6-14)7-8-24-18(16)13-22;3-2(4,5)1(6)7/h1-4,14,16,18H,5-13H2;(H,6,7)/t16-,18+;/m0./s1. The molecule has 2 saturated heterocycles. The van der Waals surface area contributed by atoms with Crippen molar-refractivity contribution >= 4 is 11.9 Å². The van der Waals surface area contributed by atoms with E-state index < -0.39 is 12.1 Å². The molecule has 0 aromatic heterocycles. The van der Waals surface area contributed by atoms with Crippen molar-refractivity contribution in [2.75, 3.05) is 39.3 Å². The fourth-order valence-corrected chi connectivity index (χ4v) is 3.91. The second-order valence-electron chi connectivity index (χ2n) is 8.24. The molecule has 0 spiro atoms. The van der Waals surface area contributed by atoms with Crippen molar-refractivity contribution in [1.82, 2.24) is 9.80 Å². The summed E-state index contributed by atoms with van der Waals surface area (Å²) in [4.78, 5) is 25.8. The summed E-state index contributed by atoms with van der Waals surface area (Å²) in [5, 5.41) is 7.12. The first-order valence-electron chi connectivity index (χ1n) is 10.3. The number of fused-ring (bicyclic) bond motifs is 1. The summed E-state index contributed by atoms with van der Waals surface area (Å²) in [6, 6.07) is 6.53. The monoisotopic (exact) mass is 446 g/mol. The highest BCUT2D eigenvalue weighted by Gasteiger charge is 2.39. The summed E-state index contributed by atoms with van der Waals surface area (Å²) in [6.07, 6.45) is -2.09. The summed E-state index contributed by atoms with van der Waals surface area (Å²) in [5.41, 5.74) is 0.478. The molecular weight excluding hydrogens is 420 g/mol. The molecule has 2 aliphatic heterocycles. The number of hydrogen-bond acceptors (Lipinski definition) is 4. The number of carboxylic acids is 1. The molecular formula is C21H26F4N2O4. The van der Waals surface area contributed by atoms with Crippen LogP contribution in [0.1, 0.15) is 18.4 Å². The molecule has 0 bridgehead atoms. The fourth-order valence-electron chi connectivity index (χ4n) is 3.91. The maximum atomic E-state index is 13.8. The van der Waals surface area contributed by atoms with Crippen LogP contribution < -0.4 is 0 Å². The highest BCUT2D eigenvalue weighted by Crippen LogP contribution is 2.31. The van der Waals surface area contributed by atoms with Gasteiger partial charge in [-0.1, -0.05) is 18.2 Å². The summed E-state index contributed by atoms with van der Waals surface area (Å²) in [6.45, 7) is 5.34. The Morgan fingerprint density at radius 2 is 1.81 bits per heavy atom. The number of benzene rings is 1. The lowest BCUT2D eigenvalue weighted by atomic mass is 10.1. The minimum atomic E-state index is -5.08. The number of alkyl halides is 3. The molecule has 172 valence electrons. The summed E-state index contributed by atoms with van der Waals surface area (Å²) in [5.74, 6) is -1.79. The lowest BCUT2D eigenvalue weighted by molar-refractivity contribution is -0.192. The molecule has 3 fully saturated rings. The Labute approximate surface area is 177 Å². The molecule has 2 atom stereocenters. The van der Waals surface area contributed by atoms with Crippen molar-refractivity contribution in [3.8, 4) is 0 Å². The number of carbonyl (C=O) groups excluding carboxylic acids is 1. The van der Waals surface area contributed by atoms with Crippen LogP contribution >= 0.6 is 0 Å². The van der Waals surface area contributed by atoms with Crippen molar-refractivity contribution < 1.29 is 37.0 Å². The number of nitrogens with zero attached hydrogens (tertiary/aromatic N) is 2. The van der Waals surface area contributed by atoms with Crippen molar-refractivity contribution in [3.63, 3.8) is 0 Å². The van der Waals surface area contributed by atoms with Gasteiger partial charge < -0.3 is 19.6 Å². The van der Waals surface area contributed by atoms with Gasteiger partial charge in [0.2, 0.25) is 5.91 Å². The fraction of sp³-hybridized carbons (Fsp3) is 0.619. The van der Waals surface area contributed by atoms with E-state index in [1.165, 1.54) is 25.5 Å². The van der Waals surface area contributed by atoms with Gasteiger partial charge in [-0.2, -0.15) is 13.2 Å². The number of amides is 1. The summed E-state index contributed by atoms with van der Waals surface area (Å²) < 4.78 is 51.5. The van der Waals surface area contributed by atoms with Crippen molar-refractivity contribution in [2.24, 2.45) is 11.8 Å². The van der Waals surface area contributed by atoms with Crippen molar-refractivity contribution in [3.05, 3.63) is 35.6 Å². The van der Waals surface area contributed by atoms with Crippen LogP contribution in [0.15, 0.2) is 24.3 Å². The van der Waals surface area contributed by atoms with Gasteiger partial charge in [-0.3, -0.25) is 4.79 Å². The van der Waals surface area contributed by atoms with E-state index in [0.29, 0.717) is 18.0 Å². The van der Waals surface area contributed by atoms with Gasteiger partial charge in [-0.15, -0.1) is 0 Å². The van der Waals surface area contributed by atoms with Gasteiger partial charge >= 0.3 is 12.1 Å². The van der Waals surface area contributed by atoms with Gasteiger partial charge in [-0.25, -0.2) is 9.18 Å². The first-order valence-corrected chi connectivity index (χ1v) is 10.3. The number of carbonyl (C=O) groups is 2. The van der Waals surface area contributed by atoms with Crippen LogP contribution in [0.25, 0.3) is 0 Å². The lowest BCUT2D eigenvalue weighted by Gasteiger charge is -2.23. The number of likely N-dealkylation sites (tertiary alicyclic amines) is 1. The van der Waals surface area contributed by atoms with Crippen LogP contribution in [0.4, 0.5) is 17.6 Å². The highest BCUT2D eigenvalue weighted by atomic mass is 19.4. The zero-order valence-corrected chi connectivity index (χ0v) is 17.0. The van der Waals surface area contributed by atoms with E-state index in [9.17, 15) is 22.4 Å². The Hall–Kier alpha value is -2.20. The summed E-state index contributed by atoms with van der Waals surface area (Å²) in [7, 11) is 0. The van der Waals surface area contributed by atoms with Crippen LogP contribution in [0.2, 0.25) is 0 Å². The van der Waals surface area contributed by atoms with Crippen molar-refractivity contribution in [1.29, 1.82) is 0 Å². The van der Waals surface area contributed by atoms with Crippen LogP contribution in [-0.2, 0) is 20.7 Å². The van der Waals surface area contributed by atoms with Crippen LogP contribution in [0.5, 0.6) is 0 Å². The Morgan fingerprint density at radius 3 is 2.42 bits per heavy atom. The topological polar surface area (TPSA) is 70.1 Å². The molecule has 1 aromatic carbocycles. The number of ether oxygens (including phenoxy) is 1. The zero-order valence-electron chi connectivity index (χ0n) is 17.0. The van der Waals surface area contributed by atoms with E-state index in [-0.39, 0.29) is 24.2 Å². The first kappa shape index (κ1) is 23.5. The molecule has 6 nitrogen and oxygen atoms in total. The molecule has 1 aromatic rings. The minimum Gasteiger partial charge on any atom is -0.475 e. The van der Waals surface area contributed by atoms with E-state index in [0.717, 1.165) is 32.2 Å². The Balaban J connectivity index is 0.000000339. The largest absolute Gasteiger partial charge is 0.490 e. The third-order valence-electron chi connectivity index (χ3n) is 5.72. The predicted octanol–water partition coefficient (Wildman–Crippen LogP) is 2.57. The molecule has 10 heteroatoms. The number of carboxylic acid groups (broad SMARTS) is 1. The van der Waals surface area contributed by atoms with E-state index >= 15 is 0 Å². The van der Waals surface area contributed by atoms with Gasteiger partial charge in [0.15, 0.2) is 0 Å². The van der Waals surface area contributed by atoms with Gasteiger partial charge in [-0.05, 0) is 30.4 Å². The van der Waals surface area contributed by atoms with Gasteiger partial charge in [0.25, 0.3) is 0 Å². The SMILES string of the molecule is O=C(Cc1ccccc1F)N1C[C@@H]2CN(CC3CC3)CCO[C@@H]2C1.O=C(O)C(F)(F)F. The second-order valence-corrected chi connectivity index (χ2v) is 8.24. The smallest absolute Gasteiger partial charge is 0.475 e. The molecule has 1 aliphatic carbocycles. The average molecular weight is 446 g/mol. The van der Waals surface area contributed by atoms with Crippen molar-refractivity contribution in [2.45, 2.75) is 31.5 Å². The van der Waals surface area contributed by atoms with Crippen LogP contribution in [0, 0.1) is 17.7 Å². The van der Waals surface area contributed by atoms with Crippen LogP contribution in [0.3, 0.4) is 0 Å². The highest BCUT2D eigenvalue weighted by molar-refractivity contribution is 5.79. The zero-order chi connectivity index (χ0) is 22.6. The third-order valence-corrected chi connectivity index (χ3v) is 5.72. The molecule has 31 heavy (non-hydrogen) atoms. The maximum absolute atomic E-state index is 13.8. The normalized spacial score (nSPS) is 24.1. The molecule has 1 N–H and O–H groups in total. The predicted molar refractivity (Wildman–Crippen MR) is 103 cm³/mol. The molecule has 4 rings (SSSR count). The molecule has 1 saturated carbocycles. The van der Waals surface area contributed by atoms with Gasteiger partial charge in [0, 0.05) is 38.6 Å². The molecule has 1 amide bonds. The van der Waals surface area contributed by atoms with E-state index in [2.05, 4.69) is 4.90 Å². The Bertz CT molecular complexity index is 785. The molecule has 0 radical (unpaired) electrons. The molecule has 3 aliphatic rings. The number of halogens is 4. The quantitative estimate of drug-likeness (QED) is 0.720. The van der Waals surface area contributed by atoms with Crippen LogP contribution in [-0.4, -0.2) is 78.4 Å². The van der Waals surface area contributed by atoms with Gasteiger partial charge in [0.05, 0.1) is 19.1 Å². The second kappa shape index (κ2) is 9.95. The minimum absolute atomic E-state index is 0.00511. The summed E-state index contributed by atoms with van der Waals surface area (Å²) >= 11 is 0. The third kappa shape index (κ3) is 6.90. The van der Waals surface area contributed by atoms with E-state index in [4.69, 9.17) is 14.6 Å². The van der Waals surface area contributed by atoms with E-state index in [1.54, 1.807) is 18.2 Å². The molecule has 0 unspecified atom stereocenters. The molecule has 2 heterocycles. The number of hydrogen-bond donors (Lipinski definition) is 1. The van der Waals surface area contributed by atoms with Gasteiger partial charge in [0.1, 0.15) is 5.82 Å². The van der Waals surface area contributed by atoms with E-state index in [1.807, 2.05) is 4.90 Å². The first-order chi connectivity index (χ1) is 14.6. The average Bonchev–Trinajstić information content (AvgIpc) is 3.45. The maximum Gasteiger partial charge on any atom is 0.490 e. The lowest BCUT2D eigenvalue weighted by Crippen LogP contribution is -2.35. The number of rotatable bonds is 4. The Morgan fingerprint density at radius 1 is 1.13 bits per heavy atom. The Kier molecular flexibility index (Phi) is 7.53.